The first-order valence-electron chi connectivity index (χ1n) is 10.5. The molecule has 5 nitrogen and oxygen atoms in total. The summed E-state index contributed by atoms with van der Waals surface area (Å²) in [6.07, 6.45) is 0. The standard InChI is InChI=1S/C26H27N3O2/c1-19-13-14-20(2)24(17-19)25-22-11-7-8-12-23(22)26(30)29(27-25)18-28(3)15-16-31-21-9-5-4-6-10-21/h4-14,17H,15-16,18H2,1-3H3. The monoisotopic (exact) mass is 413 g/mol. The van der Waals surface area contributed by atoms with Crippen molar-refractivity contribution in [1.29, 1.82) is 0 Å². The Hall–Kier alpha value is -3.44. The van der Waals surface area contributed by atoms with Crippen LogP contribution >= 0.6 is 0 Å². The van der Waals surface area contributed by atoms with E-state index in [2.05, 4.69) is 32.0 Å². The molecule has 4 rings (SSSR count). The van der Waals surface area contributed by atoms with Gasteiger partial charge < -0.3 is 4.74 Å². The van der Waals surface area contributed by atoms with Gasteiger partial charge in [0.25, 0.3) is 5.56 Å². The Morgan fingerprint density at radius 3 is 2.42 bits per heavy atom. The third-order valence-electron chi connectivity index (χ3n) is 5.38. The van der Waals surface area contributed by atoms with Crippen LogP contribution < -0.4 is 10.3 Å². The van der Waals surface area contributed by atoms with E-state index in [4.69, 9.17) is 9.84 Å². The molecule has 158 valence electrons. The van der Waals surface area contributed by atoms with Crippen LogP contribution in [0.2, 0.25) is 0 Å². The van der Waals surface area contributed by atoms with Crippen LogP contribution in [-0.4, -0.2) is 34.9 Å². The first kappa shape index (κ1) is 20.8. The number of aryl methyl sites for hydroxylation is 2. The van der Waals surface area contributed by atoms with Crippen molar-refractivity contribution in [2.45, 2.75) is 20.5 Å². The number of hydrogen-bond acceptors (Lipinski definition) is 4. The van der Waals surface area contributed by atoms with Crippen LogP contribution in [0.25, 0.3) is 22.0 Å². The van der Waals surface area contributed by atoms with Crippen LogP contribution in [0.3, 0.4) is 0 Å². The molecule has 4 aromatic rings. The number of fused-ring (bicyclic) bond motifs is 1. The molecule has 0 unspecified atom stereocenters. The summed E-state index contributed by atoms with van der Waals surface area (Å²) < 4.78 is 7.34. The lowest BCUT2D eigenvalue weighted by Gasteiger charge is -2.19. The lowest BCUT2D eigenvalue weighted by molar-refractivity contribution is 0.196. The van der Waals surface area contributed by atoms with Crippen LogP contribution in [0.15, 0.2) is 77.6 Å². The maximum absolute atomic E-state index is 13.1. The molecule has 0 amide bonds. The maximum atomic E-state index is 13.1. The van der Waals surface area contributed by atoms with E-state index in [0.29, 0.717) is 25.2 Å². The number of nitrogens with zero attached hydrogens (tertiary/aromatic N) is 3. The van der Waals surface area contributed by atoms with Crippen molar-refractivity contribution < 1.29 is 4.74 Å². The lowest BCUT2D eigenvalue weighted by Crippen LogP contribution is -2.34. The van der Waals surface area contributed by atoms with Crippen LogP contribution in [0.1, 0.15) is 11.1 Å². The van der Waals surface area contributed by atoms with Gasteiger partial charge in [0.2, 0.25) is 0 Å². The van der Waals surface area contributed by atoms with E-state index in [1.807, 2.05) is 66.5 Å². The highest BCUT2D eigenvalue weighted by Gasteiger charge is 2.15. The van der Waals surface area contributed by atoms with E-state index in [9.17, 15) is 4.79 Å². The van der Waals surface area contributed by atoms with Gasteiger partial charge in [0.15, 0.2) is 0 Å². The molecule has 0 saturated heterocycles. The van der Waals surface area contributed by atoms with E-state index < -0.39 is 0 Å². The van der Waals surface area contributed by atoms with Crippen LogP contribution in [-0.2, 0) is 6.67 Å². The van der Waals surface area contributed by atoms with E-state index in [0.717, 1.165) is 28.0 Å². The van der Waals surface area contributed by atoms with E-state index in [-0.39, 0.29) is 5.56 Å². The summed E-state index contributed by atoms with van der Waals surface area (Å²) in [6, 6.07) is 23.8. The molecule has 1 aromatic heterocycles. The zero-order valence-electron chi connectivity index (χ0n) is 18.2. The predicted molar refractivity (Wildman–Crippen MR) is 125 cm³/mol. The van der Waals surface area contributed by atoms with Crippen molar-refractivity contribution in [1.82, 2.24) is 14.7 Å². The zero-order valence-corrected chi connectivity index (χ0v) is 18.2. The fourth-order valence-corrected chi connectivity index (χ4v) is 3.66. The lowest BCUT2D eigenvalue weighted by atomic mass is 9.99. The second-order valence-electron chi connectivity index (χ2n) is 7.90. The van der Waals surface area contributed by atoms with Gasteiger partial charge in [0, 0.05) is 17.5 Å². The molecular weight excluding hydrogens is 386 g/mol. The van der Waals surface area contributed by atoms with Crippen LogP contribution in [0.5, 0.6) is 5.75 Å². The highest BCUT2D eigenvalue weighted by molar-refractivity contribution is 5.94. The van der Waals surface area contributed by atoms with Gasteiger partial charge in [0.1, 0.15) is 12.4 Å². The molecule has 0 bridgehead atoms. The normalized spacial score (nSPS) is 11.2. The number of ether oxygens (including phenoxy) is 1. The number of benzene rings is 3. The Morgan fingerprint density at radius 1 is 0.935 bits per heavy atom. The van der Waals surface area contributed by atoms with Gasteiger partial charge >= 0.3 is 0 Å². The quantitative estimate of drug-likeness (QED) is 0.443. The SMILES string of the molecule is Cc1ccc(C)c(-c2nn(CN(C)CCOc3ccccc3)c(=O)c3ccccc23)c1. The molecular formula is C26H27N3O2. The van der Waals surface area contributed by atoms with Gasteiger partial charge in [-0.3, -0.25) is 9.69 Å². The molecule has 1 heterocycles. The van der Waals surface area contributed by atoms with Gasteiger partial charge in [-0.05, 0) is 50.7 Å². The average molecular weight is 414 g/mol. The minimum Gasteiger partial charge on any atom is -0.492 e. The molecule has 0 aliphatic heterocycles. The molecule has 0 aliphatic rings. The number of rotatable bonds is 7. The Kier molecular flexibility index (Phi) is 6.14. The second kappa shape index (κ2) is 9.14. The van der Waals surface area contributed by atoms with Gasteiger partial charge in [-0.2, -0.15) is 5.10 Å². The van der Waals surface area contributed by atoms with Gasteiger partial charge in [-0.25, -0.2) is 4.68 Å². The zero-order chi connectivity index (χ0) is 21.8. The molecule has 0 radical (unpaired) electrons. The van der Waals surface area contributed by atoms with Crippen molar-refractivity contribution in [3.05, 3.63) is 94.3 Å². The fourth-order valence-electron chi connectivity index (χ4n) is 3.66. The predicted octanol–water partition coefficient (Wildman–Crippen LogP) is 4.65. The van der Waals surface area contributed by atoms with E-state index in [1.54, 1.807) is 4.68 Å². The second-order valence-corrected chi connectivity index (χ2v) is 7.90. The van der Waals surface area contributed by atoms with Crippen molar-refractivity contribution in [2.75, 3.05) is 20.2 Å². The highest BCUT2D eigenvalue weighted by Crippen LogP contribution is 2.28. The molecule has 0 aliphatic carbocycles. The van der Waals surface area contributed by atoms with Gasteiger partial charge in [0.05, 0.1) is 17.7 Å². The average Bonchev–Trinajstić information content (AvgIpc) is 2.78. The summed E-state index contributed by atoms with van der Waals surface area (Å²) in [4.78, 5) is 15.2. The molecule has 0 saturated carbocycles. The molecule has 0 N–H and O–H groups in total. The third-order valence-corrected chi connectivity index (χ3v) is 5.38. The minimum absolute atomic E-state index is 0.0829. The van der Waals surface area contributed by atoms with Crippen molar-refractivity contribution in [2.24, 2.45) is 0 Å². The largest absolute Gasteiger partial charge is 0.492 e. The first-order valence-corrected chi connectivity index (χ1v) is 10.5. The molecule has 31 heavy (non-hydrogen) atoms. The summed E-state index contributed by atoms with van der Waals surface area (Å²) >= 11 is 0. The van der Waals surface area contributed by atoms with Crippen molar-refractivity contribution >= 4 is 10.8 Å². The molecule has 5 heteroatoms. The number of hydrogen-bond donors (Lipinski definition) is 0. The number of likely N-dealkylation sites (N-methyl/N-ethyl adjacent to an activating group) is 1. The first-order chi connectivity index (χ1) is 15.0. The third kappa shape index (κ3) is 4.67. The number of aromatic nitrogens is 2. The fraction of sp³-hybridized carbons (Fsp3) is 0.231. The Bertz CT molecular complexity index is 1250. The Morgan fingerprint density at radius 2 is 1.65 bits per heavy atom. The number of para-hydroxylation sites is 1. The molecule has 0 spiro atoms. The van der Waals surface area contributed by atoms with E-state index in [1.165, 1.54) is 5.56 Å². The van der Waals surface area contributed by atoms with Crippen molar-refractivity contribution in [3.8, 4) is 17.0 Å². The van der Waals surface area contributed by atoms with Crippen molar-refractivity contribution in [3.63, 3.8) is 0 Å². The van der Waals surface area contributed by atoms with Crippen LogP contribution in [0, 0.1) is 13.8 Å². The van der Waals surface area contributed by atoms with Gasteiger partial charge in [-0.1, -0.05) is 54.1 Å². The van der Waals surface area contributed by atoms with Gasteiger partial charge in [-0.15, -0.1) is 0 Å². The summed E-state index contributed by atoms with van der Waals surface area (Å²) in [7, 11) is 1.97. The Balaban J connectivity index is 1.63. The summed E-state index contributed by atoms with van der Waals surface area (Å²) in [5.41, 5.74) is 4.11. The summed E-state index contributed by atoms with van der Waals surface area (Å²) in [5, 5.41) is 6.37. The Labute approximate surface area is 182 Å². The molecule has 0 fully saturated rings. The highest BCUT2D eigenvalue weighted by atomic mass is 16.5. The minimum atomic E-state index is -0.0829. The smallest absolute Gasteiger partial charge is 0.275 e. The van der Waals surface area contributed by atoms with E-state index >= 15 is 0 Å². The summed E-state index contributed by atoms with van der Waals surface area (Å²) in [5.74, 6) is 0.842. The maximum Gasteiger partial charge on any atom is 0.275 e. The summed E-state index contributed by atoms with van der Waals surface area (Å²) in [6.45, 7) is 5.75. The molecule has 0 atom stereocenters. The molecule has 3 aromatic carbocycles. The van der Waals surface area contributed by atoms with Crippen LogP contribution in [0.4, 0.5) is 0 Å². The topological polar surface area (TPSA) is 47.4 Å².